The van der Waals surface area contributed by atoms with Gasteiger partial charge in [0.25, 0.3) is 6.02 Å². The van der Waals surface area contributed by atoms with Crippen molar-refractivity contribution in [1.82, 2.24) is 0 Å². The topological polar surface area (TPSA) is 66.1 Å². The highest BCUT2D eigenvalue weighted by Crippen LogP contribution is 2.23. The van der Waals surface area contributed by atoms with Crippen molar-refractivity contribution in [3.05, 3.63) is 54.6 Å². The van der Waals surface area contributed by atoms with Crippen molar-refractivity contribution < 1.29 is 14.2 Å². The third kappa shape index (κ3) is 3.91. The first kappa shape index (κ1) is 14.3. The van der Waals surface area contributed by atoms with Gasteiger partial charge >= 0.3 is 0 Å². The molecule has 0 amide bonds. The maximum Gasteiger partial charge on any atom is 0.282 e. The number of hydrogen-bond donors (Lipinski definition) is 1. The van der Waals surface area contributed by atoms with Crippen LogP contribution in [-0.2, 0) is 4.74 Å². The van der Waals surface area contributed by atoms with Crippen LogP contribution in [0.15, 0.2) is 59.6 Å². The van der Waals surface area contributed by atoms with Crippen molar-refractivity contribution in [2.45, 2.75) is 12.5 Å². The first-order valence-corrected chi connectivity index (χ1v) is 7.21. The van der Waals surface area contributed by atoms with Crippen molar-refractivity contribution in [3.8, 4) is 17.2 Å². The molecular formula is C17H18N2O3. The van der Waals surface area contributed by atoms with E-state index < -0.39 is 0 Å². The Kier molecular flexibility index (Phi) is 4.44. The zero-order valence-electron chi connectivity index (χ0n) is 12.1. The Bertz CT molecular complexity index is 626. The molecule has 0 aromatic heterocycles. The lowest BCUT2D eigenvalue weighted by Crippen LogP contribution is -2.12. The van der Waals surface area contributed by atoms with E-state index in [9.17, 15) is 0 Å². The van der Waals surface area contributed by atoms with Crippen LogP contribution in [0.3, 0.4) is 0 Å². The molecule has 114 valence electrons. The van der Waals surface area contributed by atoms with E-state index in [-0.39, 0.29) is 12.1 Å². The monoisotopic (exact) mass is 298 g/mol. The predicted octanol–water partition coefficient (Wildman–Crippen LogP) is 2.96. The smallest absolute Gasteiger partial charge is 0.282 e. The molecule has 3 rings (SSSR count). The number of ether oxygens (including phenoxy) is 3. The molecule has 1 unspecified atom stereocenters. The lowest BCUT2D eigenvalue weighted by atomic mass is 10.2. The quantitative estimate of drug-likeness (QED) is 0.890. The number of para-hydroxylation sites is 1. The summed E-state index contributed by atoms with van der Waals surface area (Å²) in [5.74, 6) is 2.39. The number of amidine groups is 1. The standard InChI is InChI=1S/C17H18N2O3/c18-17-19-13(12-21-17)10-11-20-14-6-8-16(9-7-14)22-15-4-2-1-3-5-15/h1-9,13H,10-12H2,(H2,18,19). The van der Waals surface area contributed by atoms with Gasteiger partial charge in [0.05, 0.1) is 12.6 Å². The van der Waals surface area contributed by atoms with Crippen LogP contribution in [-0.4, -0.2) is 25.3 Å². The highest BCUT2D eigenvalue weighted by Gasteiger charge is 2.16. The number of hydrogen-bond acceptors (Lipinski definition) is 5. The molecule has 2 aromatic rings. The summed E-state index contributed by atoms with van der Waals surface area (Å²) in [5, 5.41) is 0. The number of benzene rings is 2. The van der Waals surface area contributed by atoms with Crippen molar-refractivity contribution in [1.29, 1.82) is 0 Å². The summed E-state index contributed by atoms with van der Waals surface area (Å²) >= 11 is 0. The van der Waals surface area contributed by atoms with Crippen LogP contribution in [0.5, 0.6) is 17.2 Å². The van der Waals surface area contributed by atoms with E-state index >= 15 is 0 Å². The van der Waals surface area contributed by atoms with E-state index in [4.69, 9.17) is 19.9 Å². The maximum atomic E-state index is 5.73. The van der Waals surface area contributed by atoms with Gasteiger partial charge in [0, 0.05) is 6.42 Å². The third-order valence-electron chi connectivity index (χ3n) is 3.26. The summed E-state index contributed by atoms with van der Waals surface area (Å²) in [7, 11) is 0. The fraction of sp³-hybridized carbons (Fsp3) is 0.235. The van der Waals surface area contributed by atoms with Crippen LogP contribution in [0.2, 0.25) is 0 Å². The molecule has 0 bridgehead atoms. The highest BCUT2D eigenvalue weighted by atomic mass is 16.5. The van der Waals surface area contributed by atoms with Gasteiger partial charge in [0.2, 0.25) is 0 Å². The molecular weight excluding hydrogens is 280 g/mol. The Labute approximate surface area is 129 Å². The lowest BCUT2D eigenvalue weighted by Gasteiger charge is -2.09. The minimum Gasteiger partial charge on any atom is -0.494 e. The van der Waals surface area contributed by atoms with Crippen molar-refractivity contribution >= 4 is 6.02 Å². The first-order valence-electron chi connectivity index (χ1n) is 7.21. The van der Waals surface area contributed by atoms with Crippen LogP contribution in [0, 0.1) is 0 Å². The number of nitrogens with two attached hydrogens (primary N) is 1. The Hall–Kier alpha value is -2.69. The van der Waals surface area contributed by atoms with Gasteiger partial charge in [-0.15, -0.1) is 0 Å². The average molecular weight is 298 g/mol. The molecule has 1 atom stereocenters. The Balaban J connectivity index is 1.47. The molecule has 5 heteroatoms. The van der Waals surface area contributed by atoms with Crippen LogP contribution in [0.4, 0.5) is 0 Å². The summed E-state index contributed by atoms with van der Waals surface area (Å²) in [6, 6.07) is 17.6. The molecule has 0 fully saturated rings. The Morgan fingerprint density at radius 3 is 2.36 bits per heavy atom. The molecule has 2 aromatic carbocycles. The second-order valence-corrected chi connectivity index (χ2v) is 4.96. The fourth-order valence-corrected chi connectivity index (χ4v) is 2.13. The molecule has 0 radical (unpaired) electrons. The third-order valence-corrected chi connectivity index (χ3v) is 3.26. The van der Waals surface area contributed by atoms with Gasteiger partial charge < -0.3 is 19.9 Å². The van der Waals surface area contributed by atoms with Gasteiger partial charge in [-0.1, -0.05) is 18.2 Å². The van der Waals surface area contributed by atoms with Gasteiger partial charge in [0.15, 0.2) is 0 Å². The number of nitrogens with zero attached hydrogens (tertiary/aromatic N) is 1. The van der Waals surface area contributed by atoms with E-state index in [2.05, 4.69) is 4.99 Å². The molecule has 0 spiro atoms. The van der Waals surface area contributed by atoms with Crippen molar-refractivity contribution in [2.75, 3.05) is 13.2 Å². The maximum absolute atomic E-state index is 5.73. The highest BCUT2D eigenvalue weighted by molar-refractivity contribution is 5.72. The molecule has 0 saturated carbocycles. The van der Waals surface area contributed by atoms with Gasteiger partial charge in [0.1, 0.15) is 23.9 Å². The number of aliphatic imine (C=N–C) groups is 1. The summed E-state index contributed by atoms with van der Waals surface area (Å²) in [6.07, 6.45) is 0.781. The van der Waals surface area contributed by atoms with Crippen LogP contribution in [0.25, 0.3) is 0 Å². The van der Waals surface area contributed by atoms with E-state index in [1.165, 1.54) is 0 Å². The van der Waals surface area contributed by atoms with Crippen molar-refractivity contribution in [3.63, 3.8) is 0 Å². The predicted molar refractivity (Wildman–Crippen MR) is 84.4 cm³/mol. The summed E-state index contributed by atoms with van der Waals surface area (Å²) < 4.78 is 16.5. The first-order chi connectivity index (χ1) is 10.8. The fourth-order valence-electron chi connectivity index (χ4n) is 2.13. The van der Waals surface area contributed by atoms with Crippen LogP contribution < -0.4 is 15.2 Å². The molecule has 0 saturated heterocycles. The second-order valence-electron chi connectivity index (χ2n) is 4.96. The van der Waals surface area contributed by atoms with E-state index in [0.717, 1.165) is 23.7 Å². The average Bonchev–Trinajstić information content (AvgIpc) is 2.96. The summed E-state index contributed by atoms with van der Waals surface area (Å²) in [5.41, 5.74) is 5.46. The summed E-state index contributed by atoms with van der Waals surface area (Å²) in [4.78, 5) is 4.15. The molecule has 2 N–H and O–H groups in total. The van der Waals surface area contributed by atoms with E-state index in [0.29, 0.717) is 13.2 Å². The molecule has 5 nitrogen and oxygen atoms in total. The Morgan fingerprint density at radius 2 is 1.68 bits per heavy atom. The van der Waals surface area contributed by atoms with Gasteiger partial charge in [-0.2, -0.15) is 0 Å². The zero-order chi connectivity index (χ0) is 15.2. The normalized spacial score (nSPS) is 16.7. The number of rotatable bonds is 6. The molecule has 1 aliphatic rings. The molecule has 1 aliphatic heterocycles. The zero-order valence-corrected chi connectivity index (χ0v) is 12.1. The van der Waals surface area contributed by atoms with Gasteiger partial charge in [-0.25, -0.2) is 4.99 Å². The lowest BCUT2D eigenvalue weighted by molar-refractivity contribution is 0.263. The Morgan fingerprint density at radius 1 is 1.00 bits per heavy atom. The second kappa shape index (κ2) is 6.85. The molecule has 1 heterocycles. The van der Waals surface area contributed by atoms with Crippen LogP contribution in [0.1, 0.15) is 6.42 Å². The molecule has 22 heavy (non-hydrogen) atoms. The van der Waals surface area contributed by atoms with Crippen molar-refractivity contribution in [2.24, 2.45) is 10.7 Å². The van der Waals surface area contributed by atoms with Crippen LogP contribution >= 0.6 is 0 Å². The van der Waals surface area contributed by atoms with E-state index in [1.54, 1.807) is 0 Å². The van der Waals surface area contributed by atoms with Gasteiger partial charge in [-0.05, 0) is 36.4 Å². The summed E-state index contributed by atoms with van der Waals surface area (Å²) in [6.45, 7) is 1.11. The van der Waals surface area contributed by atoms with Gasteiger partial charge in [-0.3, -0.25) is 0 Å². The van der Waals surface area contributed by atoms with E-state index in [1.807, 2.05) is 54.6 Å². The SMILES string of the molecule is NC1=NC(CCOc2ccc(Oc3ccccc3)cc2)CO1. The largest absolute Gasteiger partial charge is 0.494 e. The molecule has 0 aliphatic carbocycles. The minimum absolute atomic E-state index is 0.0979. The minimum atomic E-state index is 0.0979.